The van der Waals surface area contributed by atoms with Crippen molar-refractivity contribution in [3.8, 4) is 11.5 Å². The van der Waals surface area contributed by atoms with E-state index in [4.69, 9.17) is 16.0 Å². The second-order valence-corrected chi connectivity index (χ2v) is 8.01. The summed E-state index contributed by atoms with van der Waals surface area (Å²) in [5, 5.41) is 3.35. The van der Waals surface area contributed by atoms with Gasteiger partial charge in [0.05, 0.1) is 10.7 Å². The molecule has 4 rings (SSSR count). The first-order valence-corrected chi connectivity index (χ1v) is 10.4. The molecule has 5 heteroatoms. The molecule has 0 saturated heterocycles. The lowest BCUT2D eigenvalue weighted by atomic mass is 10.0. The molecule has 0 spiro atoms. The molecule has 0 aliphatic rings. The van der Waals surface area contributed by atoms with Crippen molar-refractivity contribution < 1.29 is 9.21 Å². The number of hydrogen-bond donors (Lipinski definition) is 1. The molecule has 0 aliphatic carbocycles. The van der Waals surface area contributed by atoms with Crippen molar-refractivity contribution in [2.24, 2.45) is 0 Å². The third-order valence-electron chi connectivity index (χ3n) is 5.16. The highest BCUT2D eigenvalue weighted by Crippen LogP contribution is 2.31. The van der Waals surface area contributed by atoms with Crippen LogP contribution in [-0.2, 0) is 6.42 Å². The van der Waals surface area contributed by atoms with E-state index in [9.17, 15) is 4.79 Å². The van der Waals surface area contributed by atoms with Crippen LogP contribution in [0.1, 0.15) is 48.2 Å². The van der Waals surface area contributed by atoms with E-state index in [1.807, 2.05) is 42.5 Å². The molecule has 0 saturated carbocycles. The summed E-state index contributed by atoms with van der Waals surface area (Å²) in [6.07, 6.45) is 0.929. The zero-order chi connectivity index (χ0) is 21.3. The number of fused-ring (bicyclic) bond motifs is 1. The number of hydrogen-bond acceptors (Lipinski definition) is 3. The Kier molecular flexibility index (Phi) is 5.60. The molecule has 0 fully saturated rings. The summed E-state index contributed by atoms with van der Waals surface area (Å²) in [6, 6.07) is 19.0. The average molecular weight is 419 g/mol. The lowest BCUT2D eigenvalue weighted by Crippen LogP contribution is -2.12. The van der Waals surface area contributed by atoms with E-state index < -0.39 is 0 Å². The van der Waals surface area contributed by atoms with E-state index in [1.54, 1.807) is 12.1 Å². The van der Waals surface area contributed by atoms with E-state index in [1.165, 1.54) is 11.1 Å². The number of nitrogens with zero attached hydrogens (tertiary/aromatic N) is 1. The number of carbonyl (C=O) groups excluding carboxylic acids is 1. The van der Waals surface area contributed by atoms with Gasteiger partial charge in [-0.25, -0.2) is 4.98 Å². The minimum absolute atomic E-state index is 0.212. The molecule has 0 radical (unpaired) electrons. The molecule has 0 unspecified atom stereocenters. The minimum Gasteiger partial charge on any atom is -0.436 e. The van der Waals surface area contributed by atoms with Crippen LogP contribution in [0.3, 0.4) is 0 Å². The SMILES string of the molecule is CCc1ccc(C(=O)Nc2cc(-c3nc4cc(C(C)C)ccc4o3)ccc2Cl)cc1. The summed E-state index contributed by atoms with van der Waals surface area (Å²) in [6.45, 7) is 6.37. The number of aromatic nitrogens is 1. The van der Waals surface area contributed by atoms with E-state index in [2.05, 4.69) is 37.1 Å². The van der Waals surface area contributed by atoms with Crippen LogP contribution in [0.25, 0.3) is 22.6 Å². The highest BCUT2D eigenvalue weighted by atomic mass is 35.5. The van der Waals surface area contributed by atoms with Crippen LogP contribution in [0, 0.1) is 0 Å². The number of amides is 1. The second-order valence-electron chi connectivity index (χ2n) is 7.60. The quantitative estimate of drug-likeness (QED) is 0.376. The standard InChI is InChI=1S/C25H23ClN2O2/c1-4-16-5-7-17(8-6-16)24(29)27-21-14-19(9-11-20(21)26)25-28-22-13-18(15(2)3)10-12-23(22)30-25/h5-15H,4H2,1-3H3,(H,27,29). The molecule has 1 amide bonds. The number of halogens is 1. The third-order valence-corrected chi connectivity index (χ3v) is 5.49. The number of oxazole rings is 1. The first kappa shape index (κ1) is 20.2. The highest BCUT2D eigenvalue weighted by Gasteiger charge is 2.14. The molecule has 1 aromatic heterocycles. The number of nitrogens with one attached hydrogen (secondary N) is 1. The second kappa shape index (κ2) is 8.33. The number of aryl methyl sites for hydroxylation is 1. The van der Waals surface area contributed by atoms with Crippen molar-refractivity contribution >= 4 is 34.3 Å². The molecule has 1 heterocycles. The van der Waals surface area contributed by atoms with Crippen molar-refractivity contribution in [2.45, 2.75) is 33.1 Å². The van der Waals surface area contributed by atoms with Gasteiger partial charge in [0.25, 0.3) is 5.91 Å². The lowest BCUT2D eigenvalue weighted by molar-refractivity contribution is 0.102. The van der Waals surface area contributed by atoms with Crippen molar-refractivity contribution in [1.29, 1.82) is 0 Å². The summed E-state index contributed by atoms with van der Waals surface area (Å²) in [7, 11) is 0. The van der Waals surface area contributed by atoms with Crippen LogP contribution < -0.4 is 5.32 Å². The molecular formula is C25H23ClN2O2. The summed E-state index contributed by atoms with van der Waals surface area (Å²) in [4.78, 5) is 17.3. The summed E-state index contributed by atoms with van der Waals surface area (Å²) in [5.41, 5.74) is 5.78. The van der Waals surface area contributed by atoms with Gasteiger partial charge in [0.2, 0.25) is 5.89 Å². The fraction of sp³-hybridized carbons (Fsp3) is 0.200. The van der Waals surface area contributed by atoms with E-state index in [-0.39, 0.29) is 5.91 Å². The van der Waals surface area contributed by atoms with E-state index in [0.29, 0.717) is 28.1 Å². The largest absolute Gasteiger partial charge is 0.436 e. The lowest BCUT2D eigenvalue weighted by Gasteiger charge is -2.09. The topological polar surface area (TPSA) is 55.1 Å². The predicted molar refractivity (Wildman–Crippen MR) is 122 cm³/mol. The van der Waals surface area contributed by atoms with Gasteiger partial charge in [-0.2, -0.15) is 0 Å². The van der Waals surface area contributed by atoms with E-state index in [0.717, 1.165) is 23.1 Å². The molecular weight excluding hydrogens is 396 g/mol. The number of carbonyl (C=O) groups is 1. The van der Waals surface area contributed by atoms with Gasteiger partial charge in [-0.15, -0.1) is 0 Å². The minimum atomic E-state index is -0.212. The van der Waals surface area contributed by atoms with Crippen molar-refractivity contribution in [1.82, 2.24) is 4.98 Å². The zero-order valence-corrected chi connectivity index (χ0v) is 18.0. The van der Waals surface area contributed by atoms with Crippen molar-refractivity contribution in [3.05, 3.63) is 82.4 Å². The Balaban J connectivity index is 1.62. The van der Waals surface area contributed by atoms with Gasteiger partial charge < -0.3 is 9.73 Å². The van der Waals surface area contributed by atoms with Gasteiger partial charge in [-0.3, -0.25) is 4.79 Å². The molecule has 30 heavy (non-hydrogen) atoms. The molecule has 0 atom stereocenters. The van der Waals surface area contributed by atoms with Gasteiger partial charge in [0.15, 0.2) is 5.58 Å². The number of rotatable bonds is 5. The number of benzene rings is 3. The first-order valence-electron chi connectivity index (χ1n) is 10.1. The summed E-state index contributed by atoms with van der Waals surface area (Å²) in [5.74, 6) is 0.694. The molecule has 152 valence electrons. The number of anilines is 1. The van der Waals surface area contributed by atoms with Crippen LogP contribution in [0.4, 0.5) is 5.69 Å². The Morgan fingerprint density at radius 3 is 2.53 bits per heavy atom. The van der Waals surface area contributed by atoms with Crippen molar-refractivity contribution in [2.75, 3.05) is 5.32 Å². The summed E-state index contributed by atoms with van der Waals surface area (Å²) < 4.78 is 5.93. The third kappa shape index (κ3) is 4.10. The first-order chi connectivity index (χ1) is 14.4. The van der Waals surface area contributed by atoms with E-state index >= 15 is 0 Å². The smallest absolute Gasteiger partial charge is 0.255 e. The predicted octanol–water partition coefficient (Wildman–Crippen LogP) is 7.09. The highest BCUT2D eigenvalue weighted by molar-refractivity contribution is 6.34. The van der Waals surface area contributed by atoms with Gasteiger partial charge in [-0.05, 0) is 65.9 Å². The average Bonchev–Trinajstić information content (AvgIpc) is 3.18. The van der Waals surface area contributed by atoms with Crippen LogP contribution in [0.5, 0.6) is 0 Å². The molecule has 0 bridgehead atoms. The molecule has 0 aliphatic heterocycles. The van der Waals surface area contributed by atoms with Crippen LogP contribution in [0.2, 0.25) is 5.02 Å². The Morgan fingerprint density at radius 1 is 1.07 bits per heavy atom. The maximum atomic E-state index is 12.6. The van der Waals surface area contributed by atoms with Crippen molar-refractivity contribution in [3.63, 3.8) is 0 Å². The molecule has 4 aromatic rings. The Morgan fingerprint density at radius 2 is 1.83 bits per heavy atom. The fourth-order valence-electron chi connectivity index (χ4n) is 3.27. The summed E-state index contributed by atoms with van der Waals surface area (Å²) >= 11 is 6.33. The van der Waals surface area contributed by atoms with Gasteiger partial charge >= 0.3 is 0 Å². The van der Waals surface area contributed by atoms with Gasteiger partial charge in [0.1, 0.15) is 5.52 Å². The maximum absolute atomic E-state index is 12.6. The zero-order valence-electron chi connectivity index (χ0n) is 17.2. The Bertz CT molecular complexity index is 1210. The van der Waals surface area contributed by atoms with Gasteiger partial charge in [0, 0.05) is 11.1 Å². The van der Waals surface area contributed by atoms with Gasteiger partial charge in [-0.1, -0.05) is 50.6 Å². The maximum Gasteiger partial charge on any atom is 0.255 e. The molecule has 3 aromatic carbocycles. The van der Waals surface area contributed by atoms with Crippen LogP contribution in [0.15, 0.2) is 65.1 Å². The molecule has 1 N–H and O–H groups in total. The molecule has 4 nitrogen and oxygen atoms in total. The monoisotopic (exact) mass is 418 g/mol. The Labute approximate surface area is 180 Å². The normalized spacial score (nSPS) is 11.2. The fourth-order valence-corrected chi connectivity index (χ4v) is 3.43. The Hall–Kier alpha value is -3.11. The van der Waals surface area contributed by atoms with Crippen LogP contribution in [-0.4, -0.2) is 10.9 Å². The van der Waals surface area contributed by atoms with Crippen LogP contribution >= 0.6 is 11.6 Å².